The summed E-state index contributed by atoms with van der Waals surface area (Å²) in [7, 11) is 0. The molecule has 0 aromatic carbocycles. The lowest BCUT2D eigenvalue weighted by Crippen LogP contribution is -2.30. The molecule has 0 aromatic rings. The van der Waals surface area contributed by atoms with Crippen LogP contribution in [-0.2, 0) is 28.6 Å². The van der Waals surface area contributed by atoms with Crippen molar-refractivity contribution in [3.63, 3.8) is 0 Å². The molecule has 0 saturated heterocycles. The predicted molar refractivity (Wildman–Crippen MR) is 260 cm³/mol. The highest BCUT2D eigenvalue weighted by atomic mass is 16.6. The monoisotopic (exact) mass is 845 g/mol. The summed E-state index contributed by atoms with van der Waals surface area (Å²) in [6.45, 7) is 6.26. The standard InChI is InChI=1S/C55H88O6/c1-4-7-10-13-16-19-22-25-27-28-31-33-36-39-42-45-48-54(57)60-51-52(50-59-53(56)47-44-41-38-35-32-29-24-21-18-15-12-9-6-3)61-55(58)49-46-43-40-37-34-30-26-23-20-17-14-11-8-5-2/h7,9-10,12,15-16,18-19,21,24-25,27,29,31-33,39,42,52H,4-6,8,11,13-14,17,20,22-23,26,28,30,34-38,40-41,43-51H2,1-3H3/b10-7-,12-9-,18-15-,19-16-,24-21-,27-25-,32-29-,33-31-,42-39-. The van der Waals surface area contributed by atoms with Gasteiger partial charge in [-0.25, -0.2) is 0 Å². The van der Waals surface area contributed by atoms with Gasteiger partial charge < -0.3 is 14.2 Å². The maximum absolute atomic E-state index is 12.8. The summed E-state index contributed by atoms with van der Waals surface area (Å²) in [5, 5.41) is 0. The second kappa shape index (κ2) is 48.7. The Morgan fingerprint density at radius 1 is 0.361 bits per heavy atom. The van der Waals surface area contributed by atoms with Crippen LogP contribution in [-0.4, -0.2) is 37.2 Å². The zero-order valence-electron chi connectivity index (χ0n) is 39.1. The van der Waals surface area contributed by atoms with Gasteiger partial charge in [-0.1, -0.05) is 220 Å². The lowest BCUT2D eigenvalue weighted by molar-refractivity contribution is -0.166. The summed E-state index contributed by atoms with van der Waals surface area (Å²) < 4.78 is 16.7. The van der Waals surface area contributed by atoms with E-state index in [1.165, 1.54) is 70.6 Å². The van der Waals surface area contributed by atoms with Gasteiger partial charge >= 0.3 is 17.9 Å². The van der Waals surface area contributed by atoms with E-state index in [4.69, 9.17) is 14.2 Å². The van der Waals surface area contributed by atoms with Crippen LogP contribution in [0.3, 0.4) is 0 Å². The molecule has 0 aliphatic rings. The fraction of sp³-hybridized carbons (Fsp3) is 0.618. The van der Waals surface area contributed by atoms with E-state index in [-0.39, 0.29) is 37.5 Å². The van der Waals surface area contributed by atoms with Crippen LogP contribution in [0.1, 0.15) is 201 Å². The van der Waals surface area contributed by atoms with Gasteiger partial charge in [0.05, 0.1) is 0 Å². The van der Waals surface area contributed by atoms with Crippen LogP contribution in [0.15, 0.2) is 109 Å². The van der Waals surface area contributed by atoms with Crippen molar-refractivity contribution in [2.24, 2.45) is 0 Å². The summed E-state index contributed by atoms with van der Waals surface area (Å²) >= 11 is 0. The highest BCUT2D eigenvalue weighted by Gasteiger charge is 2.19. The number of esters is 3. The molecule has 0 aliphatic carbocycles. The first-order valence-electron chi connectivity index (χ1n) is 24.4. The number of carbonyl (C=O) groups is 3. The van der Waals surface area contributed by atoms with Crippen molar-refractivity contribution in [2.75, 3.05) is 13.2 Å². The lowest BCUT2D eigenvalue weighted by atomic mass is 10.0. The largest absolute Gasteiger partial charge is 0.462 e. The van der Waals surface area contributed by atoms with Gasteiger partial charge in [-0.2, -0.15) is 0 Å². The molecule has 0 aromatic heterocycles. The third-order valence-electron chi connectivity index (χ3n) is 9.88. The van der Waals surface area contributed by atoms with Crippen molar-refractivity contribution in [3.8, 4) is 0 Å². The topological polar surface area (TPSA) is 78.9 Å². The minimum absolute atomic E-state index is 0.122. The fourth-order valence-corrected chi connectivity index (χ4v) is 6.27. The molecule has 0 aliphatic heterocycles. The van der Waals surface area contributed by atoms with Crippen LogP contribution in [0.5, 0.6) is 0 Å². The quantitative estimate of drug-likeness (QED) is 0.0200. The molecule has 0 N–H and O–H groups in total. The van der Waals surface area contributed by atoms with Crippen molar-refractivity contribution in [1.82, 2.24) is 0 Å². The van der Waals surface area contributed by atoms with E-state index in [1.54, 1.807) is 0 Å². The second-order valence-corrected chi connectivity index (χ2v) is 15.7. The van der Waals surface area contributed by atoms with Crippen LogP contribution in [0.4, 0.5) is 0 Å². The molecule has 1 atom stereocenters. The average molecular weight is 845 g/mol. The fourth-order valence-electron chi connectivity index (χ4n) is 6.27. The van der Waals surface area contributed by atoms with Gasteiger partial charge in [0.2, 0.25) is 0 Å². The van der Waals surface area contributed by atoms with E-state index in [2.05, 4.69) is 81.5 Å². The molecule has 0 fully saturated rings. The minimum Gasteiger partial charge on any atom is -0.462 e. The van der Waals surface area contributed by atoms with Gasteiger partial charge in [0.1, 0.15) is 13.2 Å². The van der Waals surface area contributed by atoms with E-state index in [0.717, 1.165) is 83.5 Å². The Hall–Kier alpha value is -3.93. The molecular weight excluding hydrogens is 757 g/mol. The number of rotatable bonds is 42. The lowest BCUT2D eigenvalue weighted by Gasteiger charge is -2.18. The van der Waals surface area contributed by atoms with Crippen molar-refractivity contribution in [3.05, 3.63) is 109 Å². The Balaban J connectivity index is 4.56. The molecule has 6 nitrogen and oxygen atoms in total. The highest BCUT2D eigenvalue weighted by molar-refractivity contribution is 5.71. The molecule has 0 heterocycles. The zero-order chi connectivity index (χ0) is 44.4. The van der Waals surface area contributed by atoms with Gasteiger partial charge in [0, 0.05) is 19.3 Å². The first-order chi connectivity index (χ1) is 30.0. The number of hydrogen-bond donors (Lipinski definition) is 0. The van der Waals surface area contributed by atoms with Gasteiger partial charge in [0.25, 0.3) is 0 Å². The van der Waals surface area contributed by atoms with Crippen LogP contribution in [0.25, 0.3) is 0 Å². The number of unbranched alkanes of at least 4 members (excludes halogenated alkanes) is 16. The molecule has 1 unspecified atom stereocenters. The van der Waals surface area contributed by atoms with E-state index in [1.807, 2.05) is 48.6 Å². The van der Waals surface area contributed by atoms with Crippen molar-refractivity contribution in [2.45, 2.75) is 207 Å². The van der Waals surface area contributed by atoms with Crippen molar-refractivity contribution in [1.29, 1.82) is 0 Å². The van der Waals surface area contributed by atoms with E-state index < -0.39 is 6.10 Å². The molecule has 6 heteroatoms. The zero-order valence-corrected chi connectivity index (χ0v) is 39.1. The molecule has 0 radical (unpaired) electrons. The maximum atomic E-state index is 12.8. The molecule has 0 bridgehead atoms. The van der Waals surface area contributed by atoms with Crippen LogP contribution in [0, 0.1) is 0 Å². The Bertz CT molecular complexity index is 1290. The van der Waals surface area contributed by atoms with E-state index in [9.17, 15) is 14.4 Å². The Morgan fingerprint density at radius 3 is 1.26 bits per heavy atom. The number of carbonyl (C=O) groups excluding carboxylic acids is 3. The summed E-state index contributed by atoms with van der Waals surface area (Å²) in [5.74, 6) is -1.05. The first kappa shape index (κ1) is 57.1. The van der Waals surface area contributed by atoms with Gasteiger partial charge in [-0.05, 0) is 70.6 Å². The molecule has 344 valence electrons. The molecular formula is C55H88O6. The maximum Gasteiger partial charge on any atom is 0.306 e. The highest BCUT2D eigenvalue weighted by Crippen LogP contribution is 2.14. The summed E-state index contributed by atoms with van der Waals surface area (Å²) in [5.41, 5.74) is 0. The third-order valence-corrected chi connectivity index (χ3v) is 9.88. The summed E-state index contributed by atoms with van der Waals surface area (Å²) in [4.78, 5) is 37.8. The molecule has 0 saturated carbocycles. The Kier molecular flexibility index (Phi) is 45.6. The van der Waals surface area contributed by atoms with Gasteiger partial charge in [0.15, 0.2) is 6.10 Å². The minimum atomic E-state index is -0.823. The van der Waals surface area contributed by atoms with Gasteiger partial charge in [-0.15, -0.1) is 0 Å². The van der Waals surface area contributed by atoms with Crippen LogP contribution in [0.2, 0.25) is 0 Å². The van der Waals surface area contributed by atoms with Crippen LogP contribution >= 0.6 is 0 Å². The molecule has 0 spiro atoms. The van der Waals surface area contributed by atoms with E-state index in [0.29, 0.717) is 19.3 Å². The Labute approximate surface area is 374 Å². The molecule has 0 rings (SSSR count). The third kappa shape index (κ3) is 47.0. The van der Waals surface area contributed by atoms with E-state index >= 15 is 0 Å². The number of ether oxygens (including phenoxy) is 3. The Morgan fingerprint density at radius 2 is 0.754 bits per heavy atom. The average Bonchev–Trinajstić information content (AvgIpc) is 3.26. The summed E-state index contributed by atoms with van der Waals surface area (Å²) in [6, 6.07) is 0. The van der Waals surface area contributed by atoms with Crippen LogP contribution < -0.4 is 0 Å². The van der Waals surface area contributed by atoms with Gasteiger partial charge in [-0.3, -0.25) is 14.4 Å². The second-order valence-electron chi connectivity index (χ2n) is 15.7. The SMILES string of the molecule is CC\C=C/C=C\C=C/C=C\CCCCCC(=O)OCC(COC(=O)CC/C=C\C/C=C\C/C=C\C/C=C\C/C=C\CC)OC(=O)CCCCCCCCCCCCCCCC. The summed E-state index contributed by atoms with van der Waals surface area (Å²) in [6.07, 6.45) is 65.1. The molecule has 61 heavy (non-hydrogen) atoms. The smallest absolute Gasteiger partial charge is 0.306 e. The normalized spacial score (nSPS) is 13.0. The molecule has 0 amide bonds. The number of allylic oxidation sites excluding steroid dienone is 18. The number of hydrogen-bond acceptors (Lipinski definition) is 6. The first-order valence-corrected chi connectivity index (χ1v) is 24.4. The van der Waals surface area contributed by atoms with Crippen molar-refractivity contribution < 1.29 is 28.6 Å². The predicted octanol–water partition coefficient (Wildman–Crippen LogP) is 16.0. The van der Waals surface area contributed by atoms with Crippen molar-refractivity contribution >= 4 is 17.9 Å².